The molecule has 2 rings (SSSR count). The van der Waals surface area contributed by atoms with Gasteiger partial charge in [0.15, 0.2) is 5.82 Å². The predicted octanol–water partition coefficient (Wildman–Crippen LogP) is 1.09. The molecule has 0 aliphatic carbocycles. The SMILES string of the molecule is CCNc1nnc(-c2ccc(=O)[nH]c2)n1CC. The second-order valence-electron chi connectivity index (χ2n) is 3.56. The van der Waals surface area contributed by atoms with Crippen molar-refractivity contribution in [1.29, 1.82) is 0 Å². The van der Waals surface area contributed by atoms with Crippen LogP contribution in [0.5, 0.6) is 0 Å². The van der Waals surface area contributed by atoms with Gasteiger partial charge < -0.3 is 10.3 Å². The highest BCUT2D eigenvalue weighted by molar-refractivity contribution is 5.55. The maximum atomic E-state index is 11.0. The van der Waals surface area contributed by atoms with Gasteiger partial charge in [0.05, 0.1) is 0 Å². The molecule has 0 aliphatic heterocycles. The van der Waals surface area contributed by atoms with Crippen molar-refractivity contribution in [2.45, 2.75) is 20.4 Å². The highest BCUT2D eigenvalue weighted by Crippen LogP contribution is 2.18. The molecule has 0 aliphatic rings. The van der Waals surface area contributed by atoms with Crippen molar-refractivity contribution in [3.63, 3.8) is 0 Å². The zero-order valence-corrected chi connectivity index (χ0v) is 9.90. The number of rotatable bonds is 4. The first kappa shape index (κ1) is 11.4. The number of pyridine rings is 1. The van der Waals surface area contributed by atoms with Crippen LogP contribution in [-0.4, -0.2) is 26.3 Å². The number of hydrogen-bond acceptors (Lipinski definition) is 4. The van der Waals surface area contributed by atoms with E-state index in [4.69, 9.17) is 0 Å². The zero-order valence-electron chi connectivity index (χ0n) is 9.90. The summed E-state index contributed by atoms with van der Waals surface area (Å²) in [6.45, 7) is 5.60. The largest absolute Gasteiger partial charge is 0.355 e. The van der Waals surface area contributed by atoms with Crippen LogP contribution < -0.4 is 10.9 Å². The minimum atomic E-state index is -0.122. The molecule has 2 N–H and O–H groups in total. The lowest BCUT2D eigenvalue weighted by Gasteiger charge is -2.07. The summed E-state index contributed by atoms with van der Waals surface area (Å²) in [6.07, 6.45) is 1.65. The van der Waals surface area contributed by atoms with E-state index in [1.807, 2.05) is 18.4 Å². The first-order valence-corrected chi connectivity index (χ1v) is 5.62. The quantitative estimate of drug-likeness (QED) is 0.828. The van der Waals surface area contributed by atoms with Crippen LogP contribution in [0.2, 0.25) is 0 Å². The van der Waals surface area contributed by atoms with Gasteiger partial charge in [-0.2, -0.15) is 0 Å². The summed E-state index contributed by atoms with van der Waals surface area (Å²) in [7, 11) is 0. The van der Waals surface area contributed by atoms with Gasteiger partial charge in [0.25, 0.3) is 0 Å². The Kier molecular flexibility index (Phi) is 3.22. The van der Waals surface area contributed by atoms with E-state index in [0.29, 0.717) is 0 Å². The van der Waals surface area contributed by atoms with Gasteiger partial charge in [-0.3, -0.25) is 9.36 Å². The summed E-state index contributed by atoms with van der Waals surface area (Å²) in [4.78, 5) is 13.6. The summed E-state index contributed by atoms with van der Waals surface area (Å²) in [5.41, 5.74) is 0.728. The van der Waals surface area contributed by atoms with Gasteiger partial charge in [-0.15, -0.1) is 10.2 Å². The second-order valence-corrected chi connectivity index (χ2v) is 3.56. The van der Waals surface area contributed by atoms with Crippen LogP contribution in [-0.2, 0) is 6.54 Å². The van der Waals surface area contributed by atoms with Crippen molar-refractivity contribution in [3.05, 3.63) is 28.7 Å². The van der Waals surface area contributed by atoms with E-state index in [1.54, 1.807) is 12.3 Å². The third-order valence-electron chi connectivity index (χ3n) is 2.44. The maximum Gasteiger partial charge on any atom is 0.247 e. The molecule has 0 radical (unpaired) electrons. The number of anilines is 1. The molecule has 6 heteroatoms. The summed E-state index contributed by atoms with van der Waals surface area (Å²) < 4.78 is 1.97. The fourth-order valence-electron chi connectivity index (χ4n) is 1.65. The van der Waals surface area contributed by atoms with Crippen molar-refractivity contribution < 1.29 is 0 Å². The maximum absolute atomic E-state index is 11.0. The Morgan fingerprint density at radius 2 is 2.18 bits per heavy atom. The molecule has 0 atom stereocenters. The number of hydrogen-bond donors (Lipinski definition) is 2. The molecule has 0 bridgehead atoms. The third kappa shape index (κ3) is 2.20. The van der Waals surface area contributed by atoms with Gasteiger partial charge in [0, 0.05) is 30.9 Å². The topological polar surface area (TPSA) is 75.6 Å². The first-order chi connectivity index (χ1) is 8.26. The number of nitrogens with zero attached hydrogens (tertiary/aromatic N) is 3. The Hall–Kier alpha value is -2.11. The average Bonchev–Trinajstić information content (AvgIpc) is 2.73. The molecule has 0 aromatic carbocycles. The lowest BCUT2D eigenvalue weighted by Crippen LogP contribution is -2.08. The molecule has 17 heavy (non-hydrogen) atoms. The molecule has 0 unspecified atom stereocenters. The van der Waals surface area contributed by atoms with E-state index in [2.05, 4.69) is 20.5 Å². The highest BCUT2D eigenvalue weighted by atomic mass is 16.1. The molecule has 6 nitrogen and oxygen atoms in total. The number of aromatic amines is 1. The van der Waals surface area contributed by atoms with Gasteiger partial charge in [-0.1, -0.05) is 0 Å². The first-order valence-electron chi connectivity index (χ1n) is 5.62. The number of nitrogens with one attached hydrogen (secondary N) is 2. The monoisotopic (exact) mass is 233 g/mol. The zero-order chi connectivity index (χ0) is 12.3. The van der Waals surface area contributed by atoms with Crippen LogP contribution >= 0.6 is 0 Å². The molecular weight excluding hydrogens is 218 g/mol. The van der Waals surface area contributed by atoms with Crippen molar-refractivity contribution in [2.75, 3.05) is 11.9 Å². The fourth-order valence-corrected chi connectivity index (χ4v) is 1.65. The van der Waals surface area contributed by atoms with Crippen LogP contribution in [0, 0.1) is 0 Å². The van der Waals surface area contributed by atoms with E-state index < -0.39 is 0 Å². The lowest BCUT2D eigenvalue weighted by atomic mass is 10.2. The standard InChI is InChI=1S/C11H15N5O/c1-3-12-11-15-14-10(16(11)4-2)8-5-6-9(17)13-7-8/h5-7H,3-4H2,1-2H3,(H,12,15)(H,13,17). The van der Waals surface area contributed by atoms with E-state index in [9.17, 15) is 4.79 Å². The van der Waals surface area contributed by atoms with Gasteiger partial charge in [-0.25, -0.2) is 0 Å². The number of H-pyrrole nitrogens is 1. The Labute approximate surface area is 98.7 Å². The van der Waals surface area contributed by atoms with Crippen LogP contribution in [0.4, 0.5) is 5.95 Å². The Morgan fingerprint density at radius 3 is 2.76 bits per heavy atom. The van der Waals surface area contributed by atoms with E-state index in [-0.39, 0.29) is 5.56 Å². The molecule has 2 aromatic heterocycles. The molecule has 0 saturated carbocycles. The van der Waals surface area contributed by atoms with Gasteiger partial charge in [-0.05, 0) is 19.9 Å². The van der Waals surface area contributed by atoms with Crippen LogP contribution in [0.15, 0.2) is 23.1 Å². The van der Waals surface area contributed by atoms with Crippen molar-refractivity contribution in [1.82, 2.24) is 19.7 Å². The fraction of sp³-hybridized carbons (Fsp3) is 0.364. The van der Waals surface area contributed by atoms with Gasteiger partial charge in [0.1, 0.15) is 0 Å². The molecule has 2 aromatic rings. The minimum Gasteiger partial charge on any atom is -0.355 e. The molecule has 0 amide bonds. The summed E-state index contributed by atoms with van der Waals surface area (Å²) in [6, 6.07) is 3.22. The van der Waals surface area contributed by atoms with Crippen molar-refractivity contribution >= 4 is 5.95 Å². The van der Waals surface area contributed by atoms with E-state index >= 15 is 0 Å². The van der Waals surface area contributed by atoms with Crippen molar-refractivity contribution in [2.24, 2.45) is 0 Å². The molecule has 90 valence electrons. The smallest absolute Gasteiger partial charge is 0.247 e. The molecule has 0 spiro atoms. The average molecular weight is 233 g/mol. The van der Waals surface area contributed by atoms with Gasteiger partial charge in [0.2, 0.25) is 11.5 Å². The molecule has 0 saturated heterocycles. The van der Waals surface area contributed by atoms with Crippen LogP contribution in [0.3, 0.4) is 0 Å². The molecule has 0 fully saturated rings. The van der Waals surface area contributed by atoms with Crippen LogP contribution in [0.25, 0.3) is 11.4 Å². The third-order valence-corrected chi connectivity index (χ3v) is 2.44. The summed E-state index contributed by atoms with van der Waals surface area (Å²) >= 11 is 0. The Bertz CT molecular complexity index is 537. The number of aromatic nitrogens is 4. The second kappa shape index (κ2) is 4.82. The Morgan fingerprint density at radius 1 is 1.35 bits per heavy atom. The van der Waals surface area contributed by atoms with Gasteiger partial charge >= 0.3 is 0 Å². The van der Waals surface area contributed by atoms with Crippen LogP contribution in [0.1, 0.15) is 13.8 Å². The Balaban J connectivity index is 2.44. The highest BCUT2D eigenvalue weighted by Gasteiger charge is 2.11. The van der Waals surface area contributed by atoms with E-state index in [0.717, 1.165) is 30.4 Å². The van der Waals surface area contributed by atoms with E-state index in [1.165, 1.54) is 6.07 Å². The minimum absolute atomic E-state index is 0.122. The lowest BCUT2D eigenvalue weighted by molar-refractivity contribution is 0.770. The predicted molar refractivity (Wildman–Crippen MR) is 65.9 cm³/mol. The molecule has 2 heterocycles. The van der Waals surface area contributed by atoms with Crippen molar-refractivity contribution in [3.8, 4) is 11.4 Å². The normalized spacial score (nSPS) is 10.5. The molecular formula is C11H15N5O. The summed E-state index contributed by atoms with van der Waals surface area (Å²) in [5, 5.41) is 11.4. The summed E-state index contributed by atoms with van der Waals surface area (Å²) in [5.74, 6) is 1.50.